The molecule has 3 N–H and O–H groups in total. The van der Waals surface area contributed by atoms with Crippen LogP contribution < -0.4 is 15.4 Å². The molecular weight excluding hydrogens is 276 g/mol. The second kappa shape index (κ2) is 6.55. The van der Waals surface area contributed by atoms with E-state index in [1.54, 1.807) is 12.1 Å². The van der Waals surface area contributed by atoms with Gasteiger partial charge in [-0.25, -0.2) is 4.79 Å². The van der Waals surface area contributed by atoms with Crippen molar-refractivity contribution in [2.45, 2.75) is 12.5 Å². The van der Waals surface area contributed by atoms with E-state index in [9.17, 15) is 9.59 Å². The molecule has 0 aliphatic carbocycles. The molecule has 7 nitrogen and oxygen atoms in total. The van der Waals surface area contributed by atoms with E-state index in [0.717, 1.165) is 0 Å². The number of carboxylic acid groups (broad SMARTS) is 1. The predicted molar refractivity (Wildman–Crippen MR) is 75.7 cm³/mol. The molecule has 1 aromatic carbocycles. The largest absolute Gasteiger partial charge is 0.489 e. The minimum atomic E-state index is -1.09. The van der Waals surface area contributed by atoms with Gasteiger partial charge in [-0.15, -0.1) is 0 Å². The summed E-state index contributed by atoms with van der Waals surface area (Å²) in [6.45, 7) is 0.869. The first kappa shape index (κ1) is 15.3. The number of carbonyl (C=O) groups is 2. The molecule has 21 heavy (non-hydrogen) atoms. The van der Waals surface area contributed by atoms with E-state index in [2.05, 4.69) is 0 Å². The Hall–Kier alpha value is -2.12. The lowest BCUT2D eigenvalue weighted by atomic mass is 10.1. The lowest BCUT2D eigenvalue weighted by Gasteiger charge is -2.31. The molecular formula is C14H18N2O5. The van der Waals surface area contributed by atoms with Gasteiger partial charge in [0.1, 0.15) is 12.2 Å². The predicted octanol–water partition coefficient (Wildman–Crippen LogP) is 0.474. The smallest absolute Gasteiger partial charge is 0.339 e. The van der Waals surface area contributed by atoms with Gasteiger partial charge in [-0.05, 0) is 12.1 Å². The lowest BCUT2D eigenvalue weighted by molar-refractivity contribution is -0.121. The maximum Gasteiger partial charge on any atom is 0.339 e. The van der Waals surface area contributed by atoms with Crippen LogP contribution in [0.25, 0.3) is 0 Å². The maximum atomic E-state index is 12.4. The number of rotatable bonds is 5. The molecule has 1 unspecified atom stereocenters. The molecule has 0 fully saturated rings. The number of para-hydroxylation sites is 1. The quantitative estimate of drug-likeness (QED) is 0.818. The molecule has 1 atom stereocenters. The summed E-state index contributed by atoms with van der Waals surface area (Å²) >= 11 is 0. The van der Waals surface area contributed by atoms with Crippen molar-refractivity contribution >= 4 is 17.6 Å². The summed E-state index contributed by atoms with van der Waals surface area (Å²) < 4.78 is 10.5. The van der Waals surface area contributed by atoms with Gasteiger partial charge in [0.25, 0.3) is 0 Å². The van der Waals surface area contributed by atoms with Gasteiger partial charge < -0.3 is 25.2 Å². The summed E-state index contributed by atoms with van der Waals surface area (Å²) in [5.74, 6) is -1.02. The van der Waals surface area contributed by atoms with Crippen molar-refractivity contribution in [3.63, 3.8) is 0 Å². The molecule has 7 heteroatoms. The monoisotopic (exact) mass is 294 g/mol. The number of hydrogen-bond acceptors (Lipinski definition) is 5. The van der Waals surface area contributed by atoms with Gasteiger partial charge in [0, 0.05) is 13.7 Å². The van der Waals surface area contributed by atoms with E-state index < -0.39 is 5.97 Å². The second-order valence-electron chi connectivity index (χ2n) is 4.65. The van der Waals surface area contributed by atoms with Crippen LogP contribution in [0.3, 0.4) is 0 Å². The minimum absolute atomic E-state index is 0.0483. The Morgan fingerprint density at radius 2 is 2.29 bits per heavy atom. The van der Waals surface area contributed by atoms with E-state index >= 15 is 0 Å². The second-order valence-corrected chi connectivity index (χ2v) is 4.65. The average molecular weight is 294 g/mol. The van der Waals surface area contributed by atoms with Gasteiger partial charge in [-0.2, -0.15) is 0 Å². The third-order valence-electron chi connectivity index (χ3n) is 3.38. The summed E-state index contributed by atoms with van der Waals surface area (Å²) in [6, 6.07) is 4.71. The zero-order valence-corrected chi connectivity index (χ0v) is 11.7. The Balaban J connectivity index is 2.28. The minimum Gasteiger partial charge on any atom is -0.489 e. The fourth-order valence-corrected chi connectivity index (χ4v) is 2.24. The fourth-order valence-electron chi connectivity index (χ4n) is 2.24. The highest BCUT2D eigenvalue weighted by molar-refractivity contribution is 6.00. The number of nitrogens with two attached hydrogens (primary N) is 1. The van der Waals surface area contributed by atoms with E-state index in [0.29, 0.717) is 12.2 Å². The molecule has 1 aromatic rings. The highest BCUT2D eigenvalue weighted by atomic mass is 16.5. The van der Waals surface area contributed by atoms with E-state index in [1.807, 2.05) is 0 Å². The van der Waals surface area contributed by atoms with E-state index in [-0.39, 0.29) is 42.9 Å². The number of hydrogen-bond donors (Lipinski definition) is 2. The number of methoxy groups -OCH3 is 1. The molecule has 1 amide bonds. The van der Waals surface area contributed by atoms with E-state index in [1.165, 1.54) is 18.1 Å². The highest BCUT2D eigenvalue weighted by Crippen LogP contribution is 2.35. The van der Waals surface area contributed by atoms with Crippen LogP contribution in [-0.2, 0) is 9.53 Å². The maximum absolute atomic E-state index is 12.4. The number of amides is 1. The standard InChI is InChI=1S/C14H18N2O5/c1-20-9(8-15)7-12(17)16-5-6-21-13-10(14(18)19)3-2-4-11(13)16/h2-4,9H,5-8,15H2,1H3,(H,18,19). The van der Waals surface area contributed by atoms with Crippen LogP contribution in [0.5, 0.6) is 5.75 Å². The zero-order chi connectivity index (χ0) is 15.4. The molecule has 114 valence electrons. The fraction of sp³-hybridized carbons (Fsp3) is 0.429. The lowest BCUT2D eigenvalue weighted by Crippen LogP contribution is -2.41. The first-order valence-electron chi connectivity index (χ1n) is 6.60. The van der Waals surface area contributed by atoms with Crippen LogP contribution >= 0.6 is 0 Å². The Bertz CT molecular complexity index is 542. The normalized spacial score (nSPS) is 15.0. The van der Waals surface area contributed by atoms with Crippen molar-refractivity contribution in [3.05, 3.63) is 23.8 Å². The van der Waals surface area contributed by atoms with Gasteiger partial charge in [-0.3, -0.25) is 4.79 Å². The Morgan fingerprint density at radius 1 is 1.52 bits per heavy atom. The first-order chi connectivity index (χ1) is 10.1. The van der Waals surface area contributed by atoms with Crippen LogP contribution in [0.1, 0.15) is 16.8 Å². The third kappa shape index (κ3) is 3.14. The van der Waals surface area contributed by atoms with Gasteiger partial charge in [-0.1, -0.05) is 6.07 Å². The SMILES string of the molecule is COC(CN)CC(=O)N1CCOc2c(C(=O)O)cccc21. The summed E-state index contributed by atoms with van der Waals surface area (Å²) in [5.41, 5.74) is 6.04. The van der Waals surface area contributed by atoms with Crippen molar-refractivity contribution in [2.24, 2.45) is 5.73 Å². The summed E-state index contributed by atoms with van der Waals surface area (Å²) in [5, 5.41) is 9.17. The molecule has 0 spiro atoms. The first-order valence-corrected chi connectivity index (χ1v) is 6.60. The van der Waals surface area contributed by atoms with Crippen LogP contribution in [0, 0.1) is 0 Å². The molecule has 0 radical (unpaired) electrons. The molecule has 1 aliphatic heterocycles. The van der Waals surface area contributed by atoms with Gasteiger partial charge in [0.15, 0.2) is 5.75 Å². The highest BCUT2D eigenvalue weighted by Gasteiger charge is 2.28. The number of carboxylic acids is 1. The Morgan fingerprint density at radius 3 is 2.90 bits per heavy atom. The topological polar surface area (TPSA) is 102 Å². The summed E-state index contributed by atoms with van der Waals surface area (Å²) in [7, 11) is 1.50. The van der Waals surface area contributed by atoms with Crippen molar-refractivity contribution in [1.29, 1.82) is 0 Å². The average Bonchev–Trinajstić information content (AvgIpc) is 2.50. The van der Waals surface area contributed by atoms with Gasteiger partial charge in [0.2, 0.25) is 5.91 Å². The van der Waals surface area contributed by atoms with Crippen molar-refractivity contribution in [3.8, 4) is 5.75 Å². The molecule has 0 bridgehead atoms. The Kier molecular flexibility index (Phi) is 4.77. The van der Waals surface area contributed by atoms with Crippen molar-refractivity contribution in [1.82, 2.24) is 0 Å². The summed E-state index contributed by atoms with van der Waals surface area (Å²) in [6.07, 6.45) is -0.213. The van der Waals surface area contributed by atoms with E-state index in [4.69, 9.17) is 20.3 Å². The Labute approximate surface area is 122 Å². The van der Waals surface area contributed by atoms with Crippen molar-refractivity contribution < 1.29 is 24.2 Å². The van der Waals surface area contributed by atoms with Crippen molar-refractivity contribution in [2.75, 3.05) is 31.7 Å². The van der Waals surface area contributed by atoms with Gasteiger partial charge in [0.05, 0.1) is 24.8 Å². The molecule has 1 aliphatic rings. The number of aromatic carboxylic acids is 1. The molecule has 2 rings (SSSR count). The number of benzene rings is 1. The van der Waals surface area contributed by atoms with Crippen LogP contribution in [0.15, 0.2) is 18.2 Å². The summed E-state index contributed by atoms with van der Waals surface area (Å²) in [4.78, 5) is 25.1. The number of carbonyl (C=O) groups excluding carboxylic acids is 1. The third-order valence-corrected chi connectivity index (χ3v) is 3.38. The number of nitrogens with zero attached hydrogens (tertiary/aromatic N) is 1. The van der Waals surface area contributed by atoms with Crippen LogP contribution in [-0.4, -0.2) is 49.9 Å². The molecule has 0 saturated heterocycles. The molecule has 1 heterocycles. The number of anilines is 1. The number of fused-ring (bicyclic) bond motifs is 1. The van der Waals surface area contributed by atoms with Gasteiger partial charge >= 0.3 is 5.97 Å². The zero-order valence-electron chi connectivity index (χ0n) is 11.7. The van der Waals surface area contributed by atoms with Crippen LogP contribution in [0.4, 0.5) is 5.69 Å². The number of ether oxygens (including phenoxy) is 2. The van der Waals surface area contributed by atoms with Crippen LogP contribution in [0.2, 0.25) is 0 Å². The molecule has 0 saturated carbocycles. The molecule has 0 aromatic heterocycles.